The molecule has 0 fully saturated rings. The smallest absolute Gasteiger partial charge is 0.127 e. The van der Waals surface area contributed by atoms with E-state index in [0.717, 1.165) is 33.6 Å². The van der Waals surface area contributed by atoms with Gasteiger partial charge in [-0.2, -0.15) is 0 Å². The molecule has 1 unspecified atom stereocenters. The van der Waals surface area contributed by atoms with E-state index in [9.17, 15) is 0 Å². The van der Waals surface area contributed by atoms with Crippen LogP contribution in [0.15, 0.2) is 34.4 Å². The Morgan fingerprint density at radius 2 is 2.25 bits per heavy atom. The van der Waals surface area contributed by atoms with Crippen molar-refractivity contribution < 1.29 is 0 Å². The number of thiophene rings is 1. The molecule has 0 radical (unpaired) electrons. The van der Waals surface area contributed by atoms with Gasteiger partial charge >= 0.3 is 0 Å². The van der Waals surface area contributed by atoms with Crippen LogP contribution >= 0.6 is 38.9 Å². The van der Waals surface area contributed by atoms with Crippen molar-refractivity contribution in [2.75, 3.05) is 0 Å². The van der Waals surface area contributed by atoms with Gasteiger partial charge in [-0.1, -0.05) is 0 Å². The molecular weight excluding hydrogens is 358 g/mol. The van der Waals surface area contributed by atoms with Gasteiger partial charge in [0.05, 0.1) is 20.9 Å². The SMILES string of the molecule is CC(Cl)c1nc2cnccc2n1CCc1ccc(Br)s1. The monoisotopic (exact) mass is 369 g/mol. The van der Waals surface area contributed by atoms with Crippen molar-refractivity contribution in [2.45, 2.75) is 25.3 Å². The minimum atomic E-state index is -0.113. The second-order valence-electron chi connectivity index (χ2n) is 4.56. The molecule has 0 saturated heterocycles. The summed E-state index contributed by atoms with van der Waals surface area (Å²) in [6.45, 7) is 2.83. The minimum absolute atomic E-state index is 0.113. The zero-order valence-electron chi connectivity index (χ0n) is 10.9. The van der Waals surface area contributed by atoms with E-state index in [2.05, 4.69) is 42.6 Å². The zero-order chi connectivity index (χ0) is 14.1. The topological polar surface area (TPSA) is 30.7 Å². The van der Waals surface area contributed by atoms with Crippen molar-refractivity contribution in [2.24, 2.45) is 0 Å². The van der Waals surface area contributed by atoms with Gasteiger partial charge in [-0.25, -0.2) is 4.98 Å². The molecule has 0 N–H and O–H groups in total. The molecule has 0 aliphatic heterocycles. The Bertz CT molecular complexity index is 735. The summed E-state index contributed by atoms with van der Waals surface area (Å²) in [4.78, 5) is 10.1. The molecule has 0 aliphatic rings. The third-order valence-corrected chi connectivity index (χ3v) is 5.03. The molecule has 3 aromatic rings. The van der Waals surface area contributed by atoms with Gasteiger partial charge in [0.1, 0.15) is 11.3 Å². The third kappa shape index (κ3) is 2.75. The Morgan fingerprint density at radius 1 is 1.40 bits per heavy atom. The highest BCUT2D eigenvalue weighted by Crippen LogP contribution is 2.26. The summed E-state index contributed by atoms with van der Waals surface area (Å²) < 4.78 is 3.36. The number of hydrogen-bond acceptors (Lipinski definition) is 3. The minimum Gasteiger partial charge on any atom is -0.326 e. The van der Waals surface area contributed by atoms with E-state index in [4.69, 9.17) is 11.6 Å². The lowest BCUT2D eigenvalue weighted by atomic mass is 10.3. The molecule has 3 aromatic heterocycles. The largest absolute Gasteiger partial charge is 0.326 e. The van der Waals surface area contributed by atoms with Crippen LogP contribution < -0.4 is 0 Å². The maximum absolute atomic E-state index is 6.26. The Kier molecular flexibility index (Phi) is 4.10. The van der Waals surface area contributed by atoms with Gasteiger partial charge in [-0.05, 0) is 47.5 Å². The van der Waals surface area contributed by atoms with Crippen molar-refractivity contribution in [3.8, 4) is 0 Å². The molecule has 1 atom stereocenters. The van der Waals surface area contributed by atoms with Gasteiger partial charge in [-0.3, -0.25) is 4.98 Å². The van der Waals surface area contributed by atoms with Gasteiger partial charge in [0.2, 0.25) is 0 Å². The predicted molar refractivity (Wildman–Crippen MR) is 87.5 cm³/mol. The molecule has 0 spiro atoms. The van der Waals surface area contributed by atoms with Crippen LogP contribution in [0.25, 0.3) is 11.0 Å². The van der Waals surface area contributed by atoms with Gasteiger partial charge < -0.3 is 4.57 Å². The van der Waals surface area contributed by atoms with Crippen molar-refractivity contribution in [1.29, 1.82) is 0 Å². The van der Waals surface area contributed by atoms with Gasteiger partial charge in [0.15, 0.2) is 0 Å². The maximum atomic E-state index is 6.26. The fourth-order valence-electron chi connectivity index (χ4n) is 2.25. The summed E-state index contributed by atoms with van der Waals surface area (Å²) in [6, 6.07) is 6.23. The van der Waals surface area contributed by atoms with E-state index in [1.165, 1.54) is 4.88 Å². The van der Waals surface area contributed by atoms with Crippen LogP contribution in [0.1, 0.15) is 23.0 Å². The first-order valence-corrected chi connectivity index (χ1v) is 8.38. The van der Waals surface area contributed by atoms with Crippen molar-refractivity contribution >= 4 is 49.9 Å². The van der Waals surface area contributed by atoms with Crippen molar-refractivity contribution in [3.05, 3.63) is 45.1 Å². The highest BCUT2D eigenvalue weighted by atomic mass is 79.9. The fourth-order valence-corrected chi connectivity index (χ4v) is 3.89. The number of imidazole rings is 1. The Labute approximate surface area is 134 Å². The van der Waals surface area contributed by atoms with Crippen LogP contribution in [0.4, 0.5) is 0 Å². The van der Waals surface area contributed by atoms with Crippen LogP contribution in [0.5, 0.6) is 0 Å². The molecule has 3 rings (SSSR count). The van der Waals surface area contributed by atoms with Crippen molar-refractivity contribution in [3.63, 3.8) is 0 Å². The van der Waals surface area contributed by atoms with Crippen LogP contribution in [0.2, 0.25) is 0 Å². The number of aryl methyl sites for hydroxylation is 2. The lowest BCUT2D eigenvalue weighted by molar-refractivity contribution is 0.672. The molecule has 3 nitrogen and oxygen atoms in total. The van der Waals surface area contributed by atoms with E-state index >= 15 is 0 Å². The number of hydrogen-bond donors (Lipinski definition) is 0. The standard InChI is InChI=1S/C14H13BrClN3S/c1-9(16)14-18-11-8-17-6-4-12(11)19(14)7-5-10-2-3-13(15)20-10/h2-4,6,8-9H,5,7H2,1H3. The van der Waals surface area contributed by atoms with E-state index in [1.807, 2.05) is 13.0 Å². The molecule has 0 amide bonds. The first-order chi connectivity index (χ1) is 9.65. The summed E-state index contributed by atoms with van der Waals surface area (Å²) in [5, 5.41) is -0.113. The Hall–Kier alpha value is -0.910. The predicted octanol–water partition coefficient (Wildman–Crippen LogP) is 4.80. The molecular formula is C14H13BrClN3S. The van der Waals surface area contributed by atoms with E-state index in [0.29, 0.717) is 0 Å². The molecule has 0 saturated carbocycles. The quantitative estimate of drug-likeness (QED) is 0.618. The Morgan fingerprint density at radius 3 is 2.95 bits per heavy atom. The highest BCUT2D eigenvalue weighted by Gasteiger charge is 2.14. The summed E-state index contributed by atoms with van der Waals surface area (Å²) in [5.41, 5.74) is 2.00. The second kappa shape index (κ2) is 5.84. The van der Waals surface area contributed by atoms with Crippen LogP contribution in [0.3, 0.4) is 0 Å². The lowest BCUT2D eigenvalue weighted by Gasteiger charge is -2.09. The number of halogens is 2. The average Bonchev–Trinajstić information content (AvgIpc) is 3.00. The normalized spacial score (nSPS) is 12.9. The number of nitrogens with zero attached hydrogens (tertiary/aromatic N) is 3. The van der Waals surface area contributed by atoms with E-state index < -0.39 is 0 Å². The molecule has 6 heteroatoms. The number of fused-ring (bicyclic) bond motifs is 1. The van der Waals surface area contributed by atoms with Crippen LogP contribution in [-0.2, 0) is 13.0 Å². The third-order valence-electron chi connectivity index (χ3n) is 3.15. The zero-order valence-corrected chi connectivity index (χ0v) is 14.0. The number of rotatable bonds is 4. The average molecular weight is 371 g/mol. The van der Waals surface area contributed by atoms with E-state index in [-0.39, 0.29) is 5.38 Å². The number of alkyl halides is 1. The fraction of sp³-hybridized carbons (Fsp3) is 0.286. The second-order valence-corrected chi connectivity index (χ2v) is 7.76. The van der Waals surface area contributed by atoms with Gasteiger partial charge in [-0.15, -0.1) is 22.9 Å². The van der Waals surface area contributed by atoms with Crippen molar-refractivity contribution in [1.82, 2.24) is 14.5 Å². The molecule has 20 heavy (non-hydrogen) atoms. The summed E-state index contributed by atoms with van der Waals surface area (Å²) in [6.07, 6.45) is 4.56. The molecule has 3 heterocycles. The van der Waals surface area contributed by atoms with Crippen LogP contribution in [0, 0.1) is 0 Å². The molecule has 0 aromatic carbocycles. The van der Waals surface area contributed by atoms with Gasteiger partial charge in [0, 0.05) is 17.6 Å². The Balaban J connectivity index is 1.94. The summed E-state index contributed by atoms with van der Waals surface area (Å²) in [5.74, 6) is 0.908. The molecule has 104 valence electrons. The first-order valence-electron chi connectivity index (χ1n) is 6.33. The van der Waals surface area contributed by atoms with Gasteiger partial charge in [0.25, 0.3) is 0 Å². The molecule has 0 aliphatic carbocycles. The first kappa shape index (κ1) is 14.0. The lowest BCUT2D eigenvalue weighted by Crippen LogP contribution is -2.06. The molecule has 0 bridgehead atoms. The maximum Gasteiger partial charge on any atom is 0.127 e. The number of pyridine rings is 1. The summed E-state index contributed by atoms with van der Waals surface area (Å²) in [7, 11) is 0. The summed E-state index contributed by atoms with van der Waals surface area (Å²) >= 11 is 11.5. The van der Waals surface area contributed by atoms with E-state index in [1.54, 1.807) is 23.7 Å². The van der Waals surface area contributed by atoms with Crippen LogP contribution in [-0.4, -0.2) is 14.5 Å². The number of aromatic nitrogens is 3. The highest BCUT2D eigenvalue weighted by molar-refractivity contribution is 9.11.